The highest BCUT2D eigenvalue weighted by Crippen LogP contribution is 2.25. The Morgan fingerprint density at radius 3 is 2.46 bits per heavy atom. The Bertz CT molecular complexity index is 787. The maximum atomic E-state index is 12.6. The number of hydrogen-bond acceptors (Lipinski definition) is 6. The largest absolute Gasteiger partial charge is 0.479 e. The van der Waals surface area contributed by atoms with E-state index >= 15 is 0 Å². The van der Waals surface area contributed by atoms with Crippen LogP contribution in [0.25, 0.3) is 0 Å². The van der Waals surface area contributed by atoms with E-state index in [2.05, 4.69) is 4.98 Å². The van der Waals surface area contributed by atoms with E-state index in [1.54, 1.807) is 4.90 Å². The van der Waals surface area contributed by atoms with Gasteiger partial charge in [-0.25, -0.2) is 18.2 Å². The average molecular weight is 383 g/mol. The van der Waals surface area contributed by atoms with E-state index in [0.717, 1.165) is 6.26 Å². The number of nitrogens with zero attached hydrogens (tertiary/aromatic N) is 3. The Balaban J connectivity index is 1.58. The minimum absolute atomic E-state index is 0.0254. The minimum Gasteiger partial charge on any atom is -0.479 e. The molecule has 0 unspecified atom stereocenters. The van der Waals surface area contributed by atoms with Gasteiger partial charge in [0.05, 0.1) is 6.20 Å². The Kier molecular flexibility index (Phi) is 5.03. The van der Waals surface area contributed by atoms with E-state index in [1.165, 1.54) is 23.2 Å². The van der Waals surface area contributed by atoms with Gasteiger partial charge < -0.3 is 19.6 Å². The zero-order chi connectivity index (χ0) is 18.9. The van der Waals surface area contributed by atoms with Crippen LogP contribution in [0.2, 0.25) is 0 Å². The van der Waals surface area contributed by atoms with Crippen molar-refractivity contribution in [1.29, 1.82) is 0 Å². The summed E-state index contributed by atoms with van der Waals surface area (Å²) >= 11 is 0. The van der Waals surface area contributed by atoms with Gasteiger partial charge in [0, 0.05) is 38.4 Å². The third-order valence-corrected chi connectivity index (χ3v) is 5.74. The van der Waals surface area contributed by atoms with E-state index in [4.69, 9.17) is 9.84 Å². The molecule has 26 heavy (non-hydrogen) atoms. The molecule has 2 aliphatic heterocycles. The van der Waals surface area contributed by atoms with Crippen LogP contribution in [0.5, 0.6) is 5.75 Å². The van der Waals surface area contributed by atoms with E-state index < -0.39 is 22.0 Å². The molecule has 2 fully saturated rings. The number of carboxylic acid groups (broad SMARTS) is 1. The quantitative estimate of drug-likeness (QED) is 0.809. The molecule has 10 heteroatoms. The van der Waals surface area contributed by atoms with Crippen LogP contribution < -0.4 is 4.74 Å². The summed E-state index contributed by atoms with van der Waals surface area (Å²) in [6, 6.07) is 2.87. The lowest BCUT2D eigenvalue weighted by Gasteiger charge is -2.35. The number of amides is 2. The number of carbonyl (C=O) groups is 2. The third-order valence-electron chi connectivity index (χ3n) is 4.73. The number of carbonyl (C=O) groups excluding carboxylic acids is 1. The molecule has 0 aliphatic carbocycles. The van der Waals surface area contributed by atoms with Gasteiger partial charge in [-0.05, 0) is 25.0 Å². The van der Waals surface area contributed by atoms with Gasteiger partial charge in [-0.3, -0.25) is 4.79 Å². The fourth-order valence-corrected chi connectivity index (χ4v) is 3.90. The van der Waals surface area contributed by atoms with Crippen molar-refractivity contribution in [2.45, 2.75) is 36.4 Å². The molecular formula is C16H21N3O6S. The summed E-state index contributed by atoms with van der Waals surface area (Å²) in [6.45, 7) is 1.41. The highest BCUT2D eigenvalue weighted by atomic mass is 32.2. The van der Waals surface area contributed by atoms with Crippen molar-refractivity contribution in [3.63, 3.8) is 0 Å². The van der Waals surface area contributed by atoms with E-state index in [1.807, 2.05) is 0 Å². The fraction of sp³-hybridized carbons (Fsp3) is 0.562. The lowest BCUT2D eigenvalue weighted by molar-refractivity contribution is -0.136. The zero-order valence-corrected chi connectivity index (χ0v) is 15.2. The topological polar surface area (TPSA) is 117 Å². The summed E-state index contributed by atoms with van der Waals surface area (Å²) in [5.41, 5.74) is 0. The van der Waals surface area contributed by atoms with Crippen molar-refractivity contribution < 1.29 is 27.9 Å². The van der Waals surface area contributed by atoms with Crippen LogP contribution in [0.1, 0.15) is 19.3 Å². The molecule has 2 aliphatic rings. The number of ether oxygens (including phenoxy) is 1. The minimum atomic E-state index is -3.38. The fourth-order valence-electron chi connectivity index (χ4n) is 3.34. The second kappa shape index (κ2) is 7.10. The number of likely N-dealkylation sites (tertiary alicyclic amines) is 2. The predicted molar refractivity (Wildman–Crippen MR) is 90.7 cm³/mol. The lowest BCUT2D eigenvalue weighted by atomic mass is 10.0. The Morgan fingerprint density at radius 2 is 1.92 bits per heavy atom. The van der Waals surface area contributed by atoms with Crippen molar-refractivity contribution in [2.75, 3.05) is 25.9 Å². The molecular weight excluding hydrogens is 362 g/mol. The van der Waals surface area contributed by atoms with Gasteiger partial charge >= 0.3 is 6.09 Å². The first kappa shape index (κ1) is 18.4. The summed E-state index contributed by atoms with van der Waals surface area (Å²) in [6.07, 6.45) is 2.60. The summed E-state index contributed by atoms with van der Waals surface area (Å²) in [4.78, 5) is 30.6. The molecule has 1 aromatic heterocycles. The first-order valence-corrected chi connectivity index (χ1v) is 10.3. The first-order chi connectivity index (χ1) is 12.3. The summed E-state index contributed by atoms with van der Waals surface area (Å²) in [5.74, 6) is 0.226. The van der Waals surface area contributed by atoms with Gasteiger partial charge in [0.1, 0.15) is 5.75 Å². The molecule has 0 spiro atoms. The van der Waals surface area contributed by atoms with E-state index in [0.29, 0.717) is 44.6 Å². The molecule has 1 atom stereocenters. The summed E-state index contributed by atoms with van der Waals surface area (Å²) in [5, 5.41) is 8.95. The second-order valence-corrected chi connectivity index (χ2v) is 8.49. The van der Waals surface area contributed by atoms with Gasteiger partial charge in [-0.1, -0.05) is 0 Å². The maximum absolute atomic E-state index is 12.6. The van der Waals surface area contributed by atoms with Crippen molar-refractivity contribution >= 4 is 21.8 Å². The van der Waals surface area contributed by atoms with Gasteiger partial charge in [-0.2, -0.15) is 0 Å². The normalized spacial score (nSPS) is 21.9. The second-order valence-electron chi connectivity index (χ2n) is 6.53. The average Bonchev–Trinajstić information content (AvgIpc) is 2.95. The van der Waals surface area contributed by atoms with Gasteiger partial charge in [0.25, 0.3) is 5.91 Å². The van der Waals surface area contributed by atoms with E-state index in [9.17, 15) is 18.0 Å². The lowest BCUT2D eigenvalue weighted by Crippen LogP contribution is -2.48. The van der Waals surface area contributed by atoms with Gasteiger partial charge in [0.15, 0.2) is 21.0 Å². The van der Waals surface area contributed by atoms with Crippen molar-refractivity contribution in [2.24, 2.45) is 0 Å². The molecule has 0 radical (unpaired) electrons. The highest BCUT2D eigenvalue weighted by molar-refractivity contribution is 7.90. The smallest absolute Gasteiger partial charge is 0.407 e. The standard InChI is InChI=1S/C16H21N3O6S/c1-26(23,24)14-3-2-12(10-17-14)25-13-6-9-19(15(13)20)11-4-7-18(8-5-11)16(21)22/h2-3,10-11,13H,4-9H2,1H3,(H,21,22)/t13-/m0/s1. The van der Waals surface area contributed by atoms with Crippen LogP contribution in [-0.4, -0.2) is 78.3 Å². The maximum Gasteiger partial charge on any atom is 0.407 e. The Hall–Kier alpha value is -2.36. The van der Waals surface area contributed by atoms with Crippen LogP contribution >= 0.6 is 0 Å². The number of piperidine rings is 1. The summed E-state index contributed by atoms with van der Waals surface area (Å²) < 4.78 is 28.5. The number of aromatic nitrogens is 1. The Morgan fingerprint density at radius 1 is 1.23 bits per heavy atom. The highest BCUT2D eigenvalue weighted by Gasteiger charge is 2.39. The number of pyridine rings is 1. The van der Waals surface area contributed by atoms with Crippen LogP contribution in [0.3, 0.4) is 0 Å². The molecule has 9 nitrogen and oxygen atoms in total. The number of rotatable bonds is 4. The molecule has 2 saturated heterocycles. The van der Waals surface area contributed by atoms with Crippen LogP contribution in [0, 0.1) is 0 Å². The molecule has 0 saturated carbocycles. The molecule has 3 rings (SSSR count). The number of hydrogen-bond donors (Lipinski definition) is 1. The predicted octanol–water partition coefficient (Wildman–Crippen LogP) is 0.607. The van der Waals surface area contributed by atoms with Crippen molar-refractivity contribution in [3.8, 4) is 5.75 Å². The SMILES string of the molecule is CS(=O)(=O)c1ccc(O[C@H]2CCN(C3CCN(C(=O)O)CC3)C2=O)cn1. The van der Waals surface area contributed by atoms with Crippen LogP contribution in [0.15, 0.2) is 23.4 Å². The van der Waals surface area contributed by atoms with Gasteiger partial charge in [0.2, 0.25) is 0 Å². The third kappa shape index (κ3) is 3.90. The molecule has 0 bridgehead atoms. The molecule has 142 valence electrons. The molecule has 1 N–H and O–H groups in total. The molecule has 1 aromatic rings. The molecule has 3 heterocycles. The van der Waals surface area contributed by atoms with Crippen LogP contribution in [-0.2, 0) is 14.6 Å². The van der Waals surface area contributed by atoms with Crippen molar-refractivity contribution in [1.82, 2.24) is 14.8 Å². The monoisotopic (exact) mass is 383 g/mol. The summed E-state index contributed by atoms with van der Waals surface area (Å²) in [7, 11) is -3.38. The first-order valence-electron chi connectivity index (χ1n) is 8.37. The van der Waals surface area contributed by atoms with E-state index in [-0.39, 0.29) is 17.0 Å². The molecule has 2 amide bonds. The Labute approximate surface area is 151 Å². The van der Waals surface area contributed by atoms with Crippen molar-refractivity contribution in [3.05, 3.63) is 18.3 Å². The van der Waals surface area contributed by atoms with Gasteiger partial charge in [-0.15, -0.1) is 0 Å². The van der Waals surface area contributed by atoms with Crippen LogP contribution in [0.4, 0.5) is 4.79 Å². The zero-order valence-electron chi connectivity index (χ0n) is 14.4. The molecule has 0 aromatic carbocycles. The number of sulfone groups is 1.